The van der Waals surface area contributed by atoms with Gasteiger partial charge in [0.05, 0.1) is 13.0 Å². The maximum atomic E-state index is 12.3. The summed E-state index contributed by atoms with van der Waals surface area (Å²) in [7, 11) is 0. The van der Waals surface area contributed by atoms with E-state index in [-0.39, 0.29) is 37.1 Å². The molecule has 116 valence electrons. The smallest absolute Gasteiger partial charge is 0.317 e. The Hall–Kier alpha value is -1.30. The van der Waals surface area contributed by atoms with Crippen LogP contribution < -0.4 is 5.32 Å². The summed E-state index contributed by atoms with van der Waals surface area (Å²) < 4.78 is 0. The molecule has 0 saturated heterocycles. The molecule has 0 aromatic rings. The summed E-state index contributed by atoms with van der Waals surface area (Å²) in [5, 5.41) is 20.8. The van der Waals surface area contributed by atoms with Gasteiger partial charge in [0.25, 0.3) is 0 Å². The minimum Gasteiger partial charge on any atom is -0.481 e. The average molecular weight is 286 g/mol. The van der Waals surface area contributed by atoms with Gasteiger partial charge in [-0.1, -0.05) is 26.7 Å². The third kappa shape index (κ3) is 5.00. The van der Waals surface area contributed by atoms with Gasteiger partial charge in [-0.3, -0.25) is 4.79 Å². The summed E-state index contributed by atoms with van der Waals surface area (Å²) in [6.07, 6.45) is 4.03. The molecule has 0 heterocycles. The van der Waals surface area contributed by atoms with Crippen molar-refractivity contribution in [3.05, 3.63) is 0 Å². The van der Waals surface area contributed by atoms with E-state index in [0.29, 0.717) is 6.54 Å². The lowest BCUT2D eigenvalue weighted by Gasteiger charge is -2.31. The molecule has 1 saturated carbocycles. The van der Waals surface area contributed by atoms with Gasteiger partial charge in [-0.15, -0.1) is 0 Å². The van der Waals surface area contributed by atoms with Crippen molar-refractivity contribution in [1.82, 2.24) is 10.2 Å². The van der Waals surface area contributed by atoms with Crippen molar-refractivity contribution >= 4 is 12.0 Å². The second-order valence-electron chi connectivity index (χ2n) is 5.75. The van der Waals surface area contributed by atoms with Crippen LogP contribution in [0.25, 0.3) is 0 Å². The van der Waals surface area contributed by atoms with E-state index < -0.39 is 5.97 Å². The number of rotatable bonds is 7. The molecule has 0 spiro atoms. The van der Waals surface area contributed by atoms with Gasteiger partial charge < -0.3 is 20.4 Å². The molecular weight excluding hydrogens is 260 g/mol. The fourth-order valence-corrected chi connectivity index (χ4v) is 2.66. The second-order valence-corrected chi connectivity index (χ2v) is 5.75. The summed E-state index contributed by atoms with van der Waals surface area (Å²) >= 11 is 0. The van der Waals surface area contributed by atoms with Crippen LogP contribution in [-0.4, -0.2) is 52.3 Å². The van der Waals surface area contributed by atoms with Crippen molar-refractivity contribution in [2.75, 3.05) is 13.2 Å². The largest absolute Gasteiger partial charge is 0.481 e. The molecule has 20 heavy (non-hydrogen) atoms. The van der Waals surface area contributed by atoms with E-state index in [1.54, 1.807) is 4.90 Å². The molecule has 0 aliphatic heterocycles. The van der Waals surface area contributed by atoms with Gasteiger partial charge in [0.2, 0.25) is 0 Å². The van der Waals surface area contributed by atoms with Gasteiger partial charge >= 0.3 is 12.0 Å². The number of carbonyl (C=O) groups is 2. The predicted molar refractivity (Wildman–Crippen MR) is 75.5 cm³/mol. The van der Waals surface area contributed by atoms with Crippen molar-refractivity contribution in [2.24, 2.45) is 5.92 Å². The van der Waals surface area contributed by atoms with Crippen LogP contribution in [0.1, 0.15) is 46.0 Å². The maximum absolute atomic E-state index is 12.3. The molecule has 3 N–H and O–H groups in total. The number of aliphatic hydroxyl groups is 1. The first-order valence-electron chi connectivity index (χ1n) is 7.35. The van der Waals surface area contributed by atoms with Gasteiger partial charge in [-0.2, -0.15) is 0 Å². The number of nitrogens with one attached hydrogen (secondary N) is 1. The maximum Gasteiger partial charge on any atom is 0.317 e. The van der Waals surface area contributed by atoms with Crippen molar-refractivity contribution in [1.29, 1.82) is 0 Å². The number of hydrogen-bond donors (Lipinski definition) is 3. The Labute approximate surface area is 120 Å². The van der Waals surface area contributed by atoms with Gasteiger partial charge in [0.15, 0.2) is 0 Å². The van der Waals surface area contributed by atoms with Gasteiger partial charge in [-0.05, 0) is 18.8 Å². The highest BCUT2D eigenvalue weighted by Crippen LogP contribution is 2.23. The number of urea groups is 1. The molecule has 0 aromatic carbocycles. The Balaban J connectivity index is 2.65. The Bertz CT molecular complexity index is 327. The fraction of sp³-hybridized carbons (Fsp3) is 0.857. The number of aliphatic carboxylic acids is 1. The van der Waals surface area contributed by atoms with E-state index in [2.05, 4.69) is 5.32 Å². The van der Waals surface area contributed by atoms with Gasteiger partial charge in [0, 0.05) is 18.6 Å². The van der Waals surface area contributed by atoms with Crippen LogP contribution in [0.3, 0.4) is 0 Å². The Morgan fingerprint density at radius 1 is 1.30 bits per heavy atom. The summed E-state index contributed by atoms with van der Waals surface area (Å²) in [6.45, 7) is 4.00. The zero-order valence-electron chi connectivity index (χ0n) is 12.3. The minimum absolute atomic E-state index is 0.0506. The van der Waals surface area contributed by atoms with E-state index in [4.69, 9.17) is 10.2 Å². The third-order valence-electron chi connectivity index (χ3n) is 3.88. The lowest BCUT2D eigenvalue weighted by Crippen LogP contribution is -2.51. The van der Waals surface area contributed by atoms with Crippen molar-refractivity contribution < 1.29 is 19.8 Å². The minimum atomic E-state index is -0.918. The molecule has 1 aliphatic rings. The zero-order chi connectivity index (χ0) is 15.1. The van der Waals surface area contributed by atoms with Crippen LogP contribution >= 0.6 is 0 Å². The Morgan fingerprint density at radius 3 is 2.35 bits per heavy atom. The number of carbonyl (C=O) groups excluding carboxylic acids is 1. The van der Waals surface area contributed by atoms with Crippen LogP contribution in [0.5, 0.6) is 0 Å². The molecule has 0 aromatic heterocycles. The molecule has 1 unspecified atom stereocenters. The number of carboxylic acid groups (broad SMARTS) is 1. The first kappa shape index (κ1) is 16.8. The summed E-state index contributed by atoms with van der Waals surface area (Å²) in [6, 6.07) is -0.478. The van der Waals surface area contributed by atoms with Crippen molar-refractivity contribution in [3.63, 3.8) is 0 Å². The van der Waals surface area contributed by atoms with E-state index >= 15 is 0 Å². The van der Waals surface area contributed by atoms with E-state index in [0.717, 1.165) is 25.7 Å². The lowest BCUT2D eigenvalue weighted by molar-refractivity contribution is -0.137. The molecule has 0 bridgehead atoms. The van der Waals surface area contributed by atoms with Crippen LogP contribution in [0, 0.1) is 5.92 Å². The molecule has 1 aliphatic carbocycles. The van der Waals surface area contributed by atoms with Crippen LogP contribution in [-0.2, 0) is 4.79 Å². The molecule has 6 nitrogen and oxygen atoms in total. The molecule has 6 heteroatoms. The molecule has 1 fully saturated rings. The number of nitrogens with zero attached hydrogens (tertiary/aromatic N) is 1. The normalized spacial score (nSPS) is 17.2. The molecule has 1 atom stereocenters. The highest BCUT2D eigenvalue weighted by Gasteiger charge is 2.28. The van der Waals surface area contributed by atoms with Crippen LogP contribution in [0.2, 0.25) is 0 Å². The predicted octanol–water partition coefficient (Wildman–Crippen LogP) is 1.43. The highest BCUT2D eigenvalue weighted by atomic mass is 16.4. The van der Waals surface area contributed by atoms with E-state index in [1.807, 2.05) is 13.8 Å². The van der Waals surface area contributed by atoms with Crippen LogP contribution in [0.15, 0.2) is 0 Å². The number of aliphatic hydroxyl groups excluding tert-OH is 1. The number of amides is 2. The first-order valence-corrected chi connectivity index (χ1v) is 7.35. The first-order chi connectivity index (χ1) is 9.45. The fourth-order valence-electron chi connectivity index (χ4n) is 2.66. The molecular formula is C14H26N2O4. The molecule has 2 amide bonds. The third-order valence-corrected chi connectivity index (χ3v) is 3.88. The summed E-state index contributed by atoms with van der Waals surface area (Å²) in [5.41, 5.74) is 0. The van der Waals surface area contributed by atoms with Crippen LogP contribution in [0.4, 0.5) is 4.79 Å². The monoisotopic (exact) mass is 286 g/mol. The topological polar surface area (TPSA) is 89.9 Å². The van der Waals surface area contributed by atoms with E-state index in [1.165, 1.54) is 0 Å². The van der Waals surface area contributed by atoms with E-state index in [9.17, 15) is 9.59 Å². The molecule has 0 radical (unpaired) electrons. The lowest BCUT2D eigenvalue weighted by atomic mass is 10.0. The van der Waals surface area contributed by atoms with Gasteiger partial charge in [0.1, 0.15) is 0 Å². The Kier molecular flexibility index (Phi) is 6.78. The highest BCUT2D eigenvalue weighted by molar-refractivity contribution is 5.76. The number of carboxylic acids is 1. The Morgan fingerprint density at radius 2 is 1.90 bits per heavy atom. The summed E-state index contributed by atoms with van der Waals surface area (Å²) in [5.74, 6) is -0.867. The number of hydrogen-bond acceptors (Lipinski definition) is 3. The quantitative estimate of drug-likeness (QED) is 0.660. The van der Waals surface area contributed by atoms with Gasteiger partial charge in [-0.25, -0.2) is 4.79 Å². The molecule has 1 rings (SSSR count). The standard InChI is InChI=1S/C14H26N2O4/c1-10(2)12(9-13(18)19)15-14(20)16(7-8-17)11-5-3-4-6-11/h10-12,17H,3-9H2,1-2H3,(H,15,20)(H,18,19). The zero-order valence-corrected chi connectivity index (χ0v) is 12.3. The summed E-state index contributed by atoms with van der Waals surface area (Å²) in [4.78, 5) is 24.8. The average Bonchev–Trinajstić information content (AvgIpc) is 2.87. The SMILES string of the molecule is CC(C)C(CC(=O)O)NC(=O)N(CCO)C1CCCC1. The second kappa shape index (κ2) is 8.09. The van der Waals surface area contributed by atoms with Crippen molar-refractivity contribution in [2.45, 2.75) is 58.0 Å². The van der Waals surface area contributed by atoms with Crippen molar-refractivity contribution in [3.8, 4) is 0 Å².